The predicted octanol–water partition coefficient (Wildman–Crippen LogP) is 3.88. The lowest BCUT2D eigenvalue weighted by Gasteiger charge is -2.25. The van der Waals surface area contributed by atoms with E-state index in [9.17, 15) is 4.79 Å². The highest BCUT2D eigenvalue weighted by Crippen LogP contribution is 2.42. The van der Waals surface area contributed by atoms with Gasteiger partial charge in [0.15, 0.2) is 0 Å². The maximum absolute atomic E-state index is 12.2. The van der Waals surface area contributed by atoms with Crippen LogP contribution in [-0.2, 0) is 6.42 Å². The van der Waals surface area contributed by atoms with E-state index in [-0.39, 0.29) is 11.5 Å². The molecule has 21 heavy (non-hydrogen) atoms. The predicted molar refractivity (Wildman–Crippen MR) is 85.8 cm³/mol. The van der Waals surface area contributed by atoms with E-state index in [0.717, 1.165) is 43.6 Å². The quantitative estimate of drug-likeness (QED) is 0.898. The summed E-state index contributed by atoms with van der Waals surface area (Å²) in [4.78, 5) is 20.0. The van der Waals surface area contributed by atoms with E-state index in [4.69, 9.17) is 4.98 Å². The van der Waals surface area contributed by atoms with Crippen molar-refractivity contribution in [3.63, 3.8) is 0 Å². The van der Waals surface area contributed by atoms with Crippen molar-refractivity contribution in [2.75, 3.05) is 0 Å². The molecule has 0 aliphatic heterocycles. The minimum atomic E-state index is -0.0371. The van der Waals surface area contributed by atoms with Crippen molar-refractivity contribution in [3.05, 3.63) is 61.7 Å². The highest BCUT2D eigenvalue weighted by molar-refractivity contribution is 9.10. The van der Waals surface area contributed by atoms with E-state index in [1.807, 2.05) is 0 Å². The van der Waals surface area contributed by atoms with Gasteiger partial charge >= 0.3 is 0 Å². The second-order valence-corrected chi connectivity index (χ2v) is 6.86. The molecule has 2 aliphatic rings. The van der Waals surface area contributed by atoms with Crippen molar-refractivity contribution >= 4 is 15.9 Å². The van der Waals surface area contributed by atoms with Crippen molar-refractivity contribution < 1.29 is 0 Å². The first kappa shape index (κ1) is 13.3. The molecule has 0 amide bonds. The summed E-state index contributed by atoms with van der Waals surface area (Å²) in [5, 5.41) is 0. The fourth-order valence-electron chi connectivity index (χ4n) is 3.32. The number of aryl methyl sites for hydroxylation is 1. The van der Waals surface area contributed by atoms with Crippen LogP contribution in [-0.4, -0.2) is 9.97 Å². The van der Waals surface area contributed by atoms with Crippen molar-refractivity contribution in [3.8, 4) is 0 Å². The summed E-state index contributed by atoms with van der Waals surface area (Å²) < 4.78 is 0.623. The molecule has 0 radical (unpaired) electrons. The molecule has 108 valence electrons. The molecule has 4 rings (SSSR count). The van der Waals surface area contributed by atoms with Crippen LogP contribution < -0.4 is 5.56 Å². The number of fused-ring (bicyclic) bond motifs is 1. The van der Waals surface area contributed by atoms with E-state index in [0.29, 0.717) is 10.4 Å². The van der Waals surface area contributed by atoms with Crippen LogP contribution in [0.5, 0.6) is 0 Å². The van der Waals surface area contributed by atoms with Crippen LogP contribution in [0, 0.1) is 0 Å². The third-order valence-corrected chi connectivity index (χ3v) is 5.34. The number of nitrogens with zero attached hydrogens (tertiary/aromatic N) is 1. The Morgan fingerprint density at radius 3 is 2.81 bits per heavy atom. The largest absolute Gasteiger partial charge is 0.309 e. The first-order valence-corrected chi connectivity index (χ1v) is 8.40. The Labute approximate surface area is 131 Å². The maximum atomic E-state index is 12.2. The van der Waals surface area contributed by atoms with Gasteiger partial charge in [0, 0.05) is 11.8 Å². The number of hydrogen-bond donors (Lipinski definition) is 1. The fourth-order valence-corrected chi connectivity index (χ4v) is 3.84. The van der Waals surface area contributed by atoms with Crippen molar-refractivity contribution in [1.29, 1.82) is 0 Å². The zero-order chi connectivity index (χ0) is 14.4. The number of aromatic nitrogens is 2. The molecule has 4 heteroatoms. The number of H-pyrrole nitrogens is 1. The first-order valence-electron chi connectivity index (χ1n) is 7.61. The van der Waals surface area contributed by atoms with Gasteiger partial charge in [-0.05, 0) is 59.2 Å². The minimum absolute atomic E-state index is 0.0371. The molecule has 1 heterocycles. The van der Waals surface area contributed by atoms with Crippen LogP contribution in [0.2, 0.25) is 0 Å². The van der Waals surface area contributed by atoms with Crippen LogP contribution in [0.3, 0.4) is 0 Å². The lowest BCUT2D eigenvalue weighted by Crippen LogP contribution is -2.21. The van der Waals surface area contributed by atoms with Gasteiger partial charge in [-0.2, -0.15) is 0 Å². The molecule has 3 nitrogen and oxygen atoms in total. The van der Waals surface area contributed by atoms with Crippen LogP contribution in [0.25, 0.3) is 0 Å². The Kier molecular flexibility index (Phi) is 3.21. The van der Waals surface area contributed by atoms with Crippen LogP contribution in [0.4, 0.5) is 0 Å². The number of nitrogens with one attached hydrogen (secondary N) is 1. The van der Waals surface area contributed by atoms with Gasteiger partial charge in [-0.15, -0.1) is 0 Å². The second kappa shape index (κ2) is 5.09. The topological polar surface area (TPSA) is 45.8 Å². The molecule has 2 aromatic rings. The lowest BCUT2D eigenvalue weighted by molar-refractivity contribution is 0.584. The van der Waals surface area contributed by atoms with Crippen LogP contribution >= 0.6 is 15.9 Å². The minimum Gasteiger partial charge on any atom is -0.309 e. The Morgan fingerprint density at radius 2 is 2.00 bits per heavy atom. The van der Waals surface area contributed by atoms with E-state index in [1.165, 1.54) is 11.1 Å². The Morgan fingerprint density at radius 1 is 1.19 bits per heavy atom. The second-order valence-electron chi connectivity index (χ2n) is 6.07. The molecule has 1 unspecified atom stereocenters. The van der Waals surface area contributed by atoms with Gasteiger partial charge in [-0.1, -0.05) is 24.3 Å². The molecule has 2 aliphatic carbocycles. The number of rotatable bonds is 2. The van der Waals surface area contributed by atoms with Gasteiger partial charge in [-0.3, -0.25) is 4.79 Å². The molecule has 0 spiro atoms. The highest BCUT2D eigenvalue weighted by Gasteiger charge is 2.31. The molecule has 1 atom stereocenters. The third-order valence-electron chi connectivity index (χ3n) is 4.57. The summed E-state index contributed by atoms with van der Waals surface area (Å²) >= 11 is 3.40. The average molecular weight is 345 g/mol. The summed E-state index contributed by atoms with van der Waals surface area (Å²) in [5.74, 6) is 1.55. The van der Waals surface area contributed by atoms with Crippen LogP contribution in [0.1, 0.15) is 60.2 Å². The van der Waals surface area contributed by atoms with Gasteiger partial charge in [0.25, 0.3) is 5.56 Å². The van der Waals surface area contributed by atoms with E-state index in [1.54, 1.807) is 0 Å². The van der Waals surface area contributed by atoms with Crippen LogP contribution in [0.15, 0.2) is 33.5 Å². The molecule has 0 bridgehead atoms. The summed E-state index contributed by atoms with van der Waals surface area (Å²) in [7, 11) is 0. The SMILES string of the molecule is O=c1[nH]c(C2CCCc3ccccc32)nc(C2CC2)c1Br. The normalized spacial score (nSPS) is 21.1. The highest BCUT2D eigenvalue weighted by atomic mass is 79.9. The van der Waals surface area contributed by atoms with Gasteiger partial charge in [-0.25, -0.2) is 4.98 Å². The van der Waals surface area contributed by atoms with Crippen molar-refractivity contribution in [2.45, 2.75) is 43.9 Å². The number of benzene rings is 1. The maximum Gasteiger partial charge on any atom is 0.265 e. The lowest BCUT2D eigenvalue weighted by atomic mass is 9.82. The third kappa shape index (κ3) is 2.35. The molecule has 1 aromatic carbocycles. The fraction of sp³-hybridized carbons (Fsp3) is 0.412. The van der Waals surface area contributed by atoms with Gasteiger partial charge in [0.1, 0.15) is 10.3 Å². The standard InChI is InChI=1S/C17H17BrN2O/c18-14-15(11-8-9-11)19-16(20-17(14)21)13-7-3-5-10-4-1-2-6-12(10)13/h1-2,4,6,11,13H,3,5,7-9H2,(H,19,20,21). The molecular weight excluding hydrogens is 328 g/mol. The van der Waals surface area contributed by atoms with Crippen molar-refractivity contribution in [2.24, 2.45) is 0 Å². The molecule has 0 saturated heterocycles. The van der Waals surface area contributed by atoms with Gasteiger partial charge in [0.05, 0.1) is 5.69 Å². The number of hydrogen-bond acceptors (Lipinski definition) is 2. The van der Waals surface area contributed by atoms with E-state index >= 15 is 0 Å². The molecule has 1 saturated carbocycles. The zero-order valence-corrected chi connectivity index (χ0v) is 13.3. The van der Waals surface area contributed by atoms with Gasteiger partial charge < -0.3 is 4.98 Å². The van der Waals surface area contributed by atoms with E-state index in [2.05, 4.69) is 45.2 Å². The monoisotopic (exact) mass is 344 g/mol. The smallest absolute Gasteiger partial charge is 0.265 e. The van der Waals surface area contributed by atoms with Gasteiger partial charge in [0.2, 0.25) is 0 Å². The van der Waals surface area contributed by atoms with Crippen molar-refractivity contribution in [1.82, 2.24) is 9.97 Å². The summed E-state index contributed by atoms with van der Waals surface area (Å²) in [6.45, 7) is 0. The summed E-state index contributed by atoms with van der Waals surface area (Å²) in [5.41, 5.74) is 3.64. The summed E-state index contributed by atoms with van der Waals surface area (Å²) in [6.07, 6.45) is 5.64. The number of halogens is 1. The molecule has 1 aromatic heterocycles. The van der Waals surface area contributed by atoms with E-state index < -0.39 is 0 Å². The first-order chi connectivity index (χ1) is 10.2. The molecule has 1 fully saturated rings. The Balaban J connectivity index is 1.83. The summed E-state index contributed by atoms with van der Waals surface area (Å²) in [6, 6.07) is 8.54. The average Bonchev–Trinajstić information content (AvgIpc) is 3.34. The molecular formula is C17H17BrN2O. The number of aromatic amines is 1. The Hall–Kier alpha value is -1.42. The Bertz CT molecular complexity index is 749. The molecule has 1 N–H and O–H groups in total. The zero-order valence-electron chi connectivity index (χ0n) is 11.7.